The van der Waals surface area contributed by atoms with Crippen LogP contribution in [0.2, 0.25) is 5.02 Å². The number of rotatable bonds is 6. The second-order valence-corrected chi connectivity index (χ2v) is 8.85. The van der Waals surface area contributed by atoms with Gasteiger partial charge in [0.05, 0.1) is 5.56 Å². The monoisotopic (exact) mass is 444 g/mol. The number of pyridine rings is 1. The number of halogens is 1. The van der Waals surface area contributed by atoms with Crippen molar-refractivity contribution in [2.24, 2.45) is 0 Å². The fraction of sp³-hybridized carbons (Fsp3) is 0.333. The van der Waals surface area contributed by atoms with E-state index in [1.165, 1.54) is 38.9 Å². The Hall–Kier alpha value is -2.87. The van der Waals surface area contributed by atoms with E-state index in [9.17, 15) is 0 Å². The van der Waals surface area contributed by atoms with Gasteiger partial charge in [0, 0.05) is 33.3 Å². The zero-order valence-corrected chi connectivity index (χ0v) is 19.1. The number of hydrogen-bond donors (Lipinski definition) is 2. The number of likely N-dealkylation sites (tertiary alicyclic amines) is 1. The average Bonchev–Trinajstić information content (AvgIpc) is 2.82. The van der Waals surface area contributed by atoms with Crippen LogP contribution in [0, 0.1) is 17.3 Å². The quantitative estimate of drug-likeness (QED) is 0.283. The summed E-state index contributed by atoms with van der Waals surface area (Å²) in [4.78, 5) is 6.82. The van der Waals surface area contributed by atoms with Gasteiger partial charge in [-0.05, 0) is 81.6 Å². The van der Waals surface area contributed by atoms with Crippen LogP contribution in [-0.2, 0) is 0 Å². The van der Waals surface area contributed by atoms with Crippen LogP contribution >= 0.6 is 11.6 Å². The summed E-state index contributed by atoms with van der Waals surface area (Å²) in [7, 11) is 0. The third kappa shape index (κ3) is 5.68. The molecule has 1 aliphatic heterocycles. The lowest BCUT2D eigenvalue weighted by Crippen LogP contribution is -2.30. The van der Waals surface area contributed by atoms with Crippen molar-refractivity contribution in [2.75, 3.05) is 25.4 Å². The maximum absolute atomic E-state index is 8.41. The second kappa shape index (κ2) is 10.6. The van der Waals surface area contributed by atoms with Crippen molar-refractivity contribution in [2.45, 2.75) is 38.5 Å². The molecule has 0 bridgehead atoms. The van der Waals surface area contributed by atoms with Crippen molar-refractivity contribution < 1.29 is 0 Å². The number of unbranched alkanes of at least 4 members (excludes halogenated alkanes) is 1. The summed E-state index contributed by atoms with van der Waals surface area (Å²) in [5.41, 5.74) is 9.31. The van der Waals surface area contributed by atoms with Crippen molar-refractivity contribution in [3.8, 4) is 11.8 Å². The Labute approximate surface area is 195 Å². The molecule has 0 spiro atoms. The maximum Gasteiger partial charge on any atom is 0.139 e. The zero-order chi connectivity index (χ0) is 22.3. The number of nitrogens with zero attached hydrogens (tertiary/aromatic N) is 2. The first-order valence-electron chi connectivity index (χ1n) is 11.4. The van der Waals surface area contributed by atoms with Crippen LogP contribution in [0.3, 0.4) is 0 Å². The van der Waals surface area contributed by atoms with Crippen molar-refractivity contribution >= 4 is 33.9 Å². The molecular weight excluding hydrogens is 416 g/mol. The molecule has 1 saturated heterocycles. The van der Waals surface area contributed by atoms with E-state index in [1.807, 2.05) is 42.5 Å². The molecule has 1 aromatic heterocycles. The minimum Gasteiger partial charge on any atom is -0.383 e. The van der Waals surface area contributed by atoms with Crippen LogP contribution < -0.4 is 5.73 Å². The zero-order valence-electron chi connectivity index (χ0n) is 18.3. The van der Waals surface area contributed by atoms with Gasteiger partial charge in [0.15, 0.2) is 0 Å². The number of fused-ring (bicyclic) bond motifs is 1. The lowest BCUT2D eigenvalue weighted by atomic mass is 10.0. The Morgan fingerprint density at radius 1 is 1.03 bits per heavy atom. The number of aromatic nitrogens is 1. The minimum absolute atomic E-state index is 0.398. The van der Waals surface area contributed by atoms with Gasteiger partial charge < -0.3 is 16.0 Å². The normalized spacial score (nSPS) is 14.2. The molecular formula is C27H29ClN4. The van der Waals surface area contributed by atoms with Gasteiger partial charge in [0.1, 0.15) is 5.82 Å². The Morgan fingerprint density at radius 3 is 2.59 bits per heavy atom. The summed E-state index contributed by atoms with van der Waals surface area (Å²) < 4.78 is 0. The number of anilines is 1. The highest BCUT2D eigenvalue weighted by Gasteiger charge is 2.10. The van der Waals surface area contributed by atoms with Gasteiger partial charge in [-0.3, -0.25) is 0 Å². The summed E-state index contributed by atoms with van der Waals surface area (Å²) in [5.74, 6) is 6.74. The van der Waals surface area contributed by atoms with Gasteiger partial charge in [-0.1, -0.05) is 48.1 Å². The van der Waals surface area contributed by atoms with Gasteiger partial charge in [0.2, 0.25) is 0 Å². The fourth-order valence-electron chi connectivity index (χ4n) is 4.18. The molecule has 2 aromatic carbocycles. The fourth-order valence-corrected chi connectivity index (χ4v) is 4.36. The van der Waals surface area contributed by atoms with Gasteiger partial charge in [-0.25, -0.2) is 4.98 Å². The van der Waals surface area contributed by atoms with Crippen LogP contribution in [0.15, 0.2) is 48.7 Å². The summed E-state index contributed by atoms with van der Waals surface area (Å²) >= 11 is 6.16. The SMILES string of the molecule is N=C(CCCCN1CCCCC1)c1ccc(C#Cc2c(N)ncc3ccc(Cl)cc23)cc1. The molecule has 164 valence electrons. The molecule has 0 amide bonds. The van der Waals surface area contributed by atoms with E-state index >= 15 is 0 Å². The lowest BCUT2D eigenvalue weighted by molar-refractivity contribution is 0.225. The third-order valence-electron chi connectivity index (χ3n) is 6.05. The number of piperidine rings is 1. The highest BCUT2D eigenvalue weighted by molar-refractivity contribution is 6.31. The van der Waals surface area contributed by atoms with E-state index in [0.29, 0.717) is 22.1 Å². The van der Waals surface area contributed by atoms with E-state index in [1.54, 1.807) is 6.20 Å². The highest BCUT2D eigenvalue weighted by Crippen LogP contribution is 2.25. The molecule has 0 saturated carbocycles. The predicted molar refractivity (Wildman–Crippen MR) is 135 cm³/mol. The number of nitrogen functional groups attached to an aromatic ring is 1. The molecule has 32 heavy (non-hydrogen) atoms. The lowest BCUT2D eigenvalue weighted by Gasteiger charge is -2.26. The van der Waals surface area contributed by atoms with Gasteiger partial charge in [0.25, 0.3) is 0 Å². The van der Waals surface area contributed by atoms with Crippen molar-refractivity contribution in [3.05, 3.63) is 70.4 Å². The molecule has 0 aliphatic carbocycles. The molecule has 2 heterocycles. The summed E-state index contributed by atoms with van der Waals surface area (Å²) in [6.07, 6.45) is 8.83. The average molecular weight is 445 g/mol. The second-order valence-electron chi connectivity index (χ2n) is 8.42. The molecule has 4 rings (SSSR count). The van der Waals surface area contributed by atoms with Gasteiger partial charge in [-0.15, -0.1) is 0 Å². The first kappa shape index (κ1) is 22.3. The summed E-state index contributed by atoms with van der Waals surface area (Å²) in [6.45, 7) is 3.65. The van der Waals surface area contributed by atoms with E-state index in [0.717, 1.165) is 41.2 Å². The molecule has 4 nitrogen and oxygen atoms in total. The van der Waals surface area contributed by atoms with Crippen LogP contribution in [0.4, 0.5) is 5.82 Å². The largest absolute Gasteiger partial charge is 0.383 e. The Balaban J connectivity index is 1.37. The van der Waals surface area contributed by atoms with E-state index in [4.69, 9.17) is 22.7 Å². The van der Waals surface area contributed by atoms with E-state index < -0.39 is 0 Å². The molecule has 0 atom stereocenters. The van der Waals surface area contributed by atoms with Gasteiger partial charge in [-0.2, -0.15) is 0 Å². The summed E-state index contributed by atoms with van der Waals surface area (Å²) in [6, 6.07) is 13.5. The first-order valence-corrected chi connectivity index (χ1v) is 11.7. The highest BCUT2D eigenvalue weighted by atomic mass is 35.5. The number of benzene rings is 2. The van der Waals surface area contributed by atoms with Crippen molar-refractivity contribution in [1.29, 1.82) is 5.41 Å². The Kier molecular flexibility index (Phi) is 7.42. The molecule has 3 aromatic rings. The molecule has 0 unspecified atom stereocenters. The Morgan fingerprint density at radius 2 is 1.81 bits per heavy atom. The Bertz CT molecular complexity index is 1150. The first-order chi connectivity index (χ1) is 15.6. The number of nitrogens with two attached hydrogens (primary N) is 1. The van der Waals surface area contributed by atoms with Crippen molar-refractivity contribution in [1.82, 2.24) is 9.88 Å². The molecule has 0 radical (unpaired) electrons. The van der Waals surface area contributed by atoms with Crippen molar-refractivity contribution in [3.63, 3.8) is 0 Å². The number of hydrogen-bond acceptors (Lipinski definition) is 4. The molecule has 1 fully saturated rings. The van der Waals surface area contributed by atoms with Gasteiger partial charge >= 0.3 is 0 Å². The van der Waals surface area contributed by atoms with Crippen LogP contribution in [0.1, 0.15) is 55.2 Å². The van der Waals surface area contributed by atoms with E-state index in [-0.39, 0.29) is 0 Å². The number of nitrogens with one attached hydrogen (secondary N) is 1. The topological polar surface area (TPSA) is 66.0 Å². The molecule has 5 heteroatoms. The van der Waals surface area contributed by atoms with Crippen LogP contribution in [0.25, 0.3) is 10.8 Å². The minimum atomic E-state index is 0.398. The summed E-state index contributed by atoms with van der Waals surface area (Å²) in [5, 5.41) is 10.9. The smallest absolute Gasteiger partial charge is 0.139 e. The maximum atomic E-state index is 8.41. The third-order valence-corrected chi connectivity index (χ3v) is 6.28. The van der Waals surface area contributed by atoms with Crippen LogP contribution in [-0.4, -0.2) is 35.2 Å². The standard InChI is InChI=1S/C27H29ClN4/c28-23-13-12-22-19-31-27(30)24(25(22)18-23)14-9-20-7-10-21(11-8-20)26(29)6-2-5-17-32-15-3-1-4-16-32/h7-8,10-13,18-19,29H,1-6,15-17H2,(H2,30,31). The molecule has 3 N–H and O–H groups in total. The van der Waals surface area contributed by atoms with Crippen LogP contribution in [0.5, 0.6) is 0 Å². The predicted octanol–water partition coefficient (Wildman–Crippen LogP) is 5.89. The van der Waals surface area contributed by atoms with E-state index in [2.05, 4.69) is 21.7 Å². The molecule has 1 aliphatic rings.